The molecule has 0 radical (unpaired) electrons. The fourth-order valence-corrected chi connectivity index (χ4v) is 2.48. The number of carbonyl (C=O) groups is 2. The lowest BCUT2D eigenvalue weighted by atomic mass is 9.92. The lowest BCUT2D eigenvalue weighted by Gasteiger charge is -2.28. The van der Waals surface area contributed by atoms with E-state index in [2.05, 4.69) is 17.6 Å². The molecule has 2 amide bonds. The fourth-order valence-electron chi connectivity index (χ4n) is 2.48. The van der Waals surface area contributed by atoms with E-state index >= 15 is 0 Å². The first-order chi connectivity index (χ1) is 9.33. The van der Waals surface area contributed by atoms with Gasteiger partial charge in [0.1, 0.15) is 0 Å². The maximum Gasteiger partial charge on any atom is 0.242 e. The lowest BCUT2D eigenvalue weighted by molar-refractivity contribution is -0.135. The molecule has 0 spiro atoms. The van der Waals surface area contributed by atoms with Crippen LogP contribution in [0.1, 0.15) is 47.0 Å². The summed E-state index contributed by atoms with van der Waals surface area (Å²) < 4.78 is 0. The molecule has 1 atom stereocenters. The summed E-state index contributed by atoms with van der Waals surface area (Å²) in [4.78, 5) is 26.0. The zero-order valence-corrected chi connectivity index (χ0v) is 14.5. The number of rotatable bonds is 6. The molecule has 21 heavy (non-hydrogen) atoms. The van der Waals surface area contributed by atoms with Crippen molar-refractivity contribution in [3.63, 3.8) is 0 Å². The second-order valence-electron chi connectivity index (χ2n) is 6.75. The molecule has 124 valence electrons. The van der Waals surface area contributed by atoms with Gasteiger partial charge in [0.25, 0.3) is 0 Å². The van der Waals surface area contributed by atoms with Crippen molar-refractivity contribution in [1.29, 1.82) is 0 Å². The summed E-state index contributed by atoms with van der Waals surface area (Å²) in [5, 5.41) is 6.03. The highest BCUT2D eigenvalue weighted by Crippen LogP contribution is 2.17. The molecule has 0 aromatic rings. The van der Waals surface area contributed by atoms with Crippen molar-refractivity contribution in [2.24, 2.45) is 5.41 Å². The SMILES string of the molecule is CCCN(C(=O)CNC(=O)CC(C)(C)C)C1CCNC1.Cl. The third-order valence-electron chi connectivity index (χ3n) is 3.39. The van der Waals surface area contributed by atoms with E-state index in [0.29, 0.717) is 6.42 Å². The molecule has 0 saturated carbocycles. The van der Waals surface area contributed by atoms with Crippen LogP contribution in [0.4, 0.5) is 0 Å². The minimum Gasteiger partial charge on any atom is -0.347 e. The average Bonchev–Trinajstić information content (AvgIpc) is 2.84. The van der Waals surface area contributed by atoms with Crippen molar-refractivity contribution in [2.75, 3.05) is 26.2 Å². The quantitative estimate of drug-likeness (QED) is 0.781. The molecule has 1 rings (SSSR count). The predicted octanol–water partition coefficient (Wildman–Crippen LogP) is 1.56. The second-order valence-corrected chi connectivity index (χ2v) is 6.75. The van der Waals surface area contributed by atoms with Crippen LogP contribution in [0.5, 0.6) is 0 Å². The van der Waals surface area contributed by atoms with E-state index in [1.54, 1.807) is 0 Å². The Kier molecular flexibility index (Phi) is 8.90. The lowest BCUT2D eigenvalue weighted by Crippen LogP contribution is -2.47. The van der Waals surface area contributed by atoms with E-state index < -0.39 is 0 Å². The second kappa shape index (κ2) is 9.26. The van der Waals surface area contributed by atoms with Crippen LogP contribution in [-0.4, -0.2) is 48.9 Å². The third kappa shape index (κ3) is 7.67. The van der Waals surface area contributed by atoms with Crippen LogP contribution in [0.25, 0.3) is 0 Å². The molecule has 1 heterocycles. The molecule has 2 N–H and O–H groups in total. The van der Waals surface area contributed by atoms with Crippen molar-refractivity contribution in [3.8, 4) is 0 Å². The molecule has 0 aromatic heterocycles. The van der Waals surface area contributed by atoms with Gasteiger partial charge in [-0.25, -0.2) is 0 Å². The van der Waals surface area contributed by atoms with Crippen LogP contribution in [-0.2, 0) is 9.59 Å². The number of nitrogens with zero attached hydrogens (tertiary/aromatic N) is 1. The van der Waals surface area contributed by atoms with Crippen molar-refractivity contribution >= 4 is 24.2 Å². The van der Waals surface area contributed by atoms with Crippen molar-refractivity contribution < 1.29 is 9.59 Å². The van der Waals surface area contributed by atoms with Gasteiger partial charge in [0, 0.05) is 25.6 Å². The maximum atomic E-state index is 12.3. The highest BCUT2D eigenvalue weighted by atomic mass is 35.5. The molecule has 6 heteroatoms. The summed E-state index contributed by atoms with van der Waals surface area (Å²) in [7, 11) is 0. The van der Waals surface area contributed by atoms with E-state index in [4.69, 9.17) is 0 Å². The van der Waals surface area contributed by atoms with Gasteiger partial charge in [-0.2, -0.15) is 0 Å². The van der Waals surface area contributed by atoms with Gasteiger partial charge in [-0.05, 0) is 24.8 Å². The first-order valence-corrected chi connectivity index (χ1v) is 7.60. The fraction of sp³-hybridized carbons (Fsp3) is 0.867. The number of amides is 2. The van der Waals surface area contributed by atoms with Crippen molar-refractivity contribution in [1.82, 2.24) is 15.5 Å². The topological polar surface area (TPSA) is 61.4 Å². The van der Waals surface area contributed by atoms with E-state index in [1.807, 2.05) is 25.7 Å². The van der Waals surface area contributed by atoms with Gasteiger partial charge in [0.15, 0.2) is 0 Å². The van der Waals surface area contributed by atoms with Crippen LogP contribution in [0.15, 0.2) is 0 Å². The zero-order chi connectivity index (χ0) is 15.2. The van der Waals surface area contributed by atoms with Crippen LogP contribution in [0.3, 0.4) is 0 Å². The van der Waals surface area contributed by atoms with Gasteiger partial charge in [-0.15, -0.1) is 12.4 Å². The molecule has 1 unspecified atom stereocenters. The number of halogens is 1. The van der Waals surface area contributed by atoms with Crippen LogP contribution in [0, 0.1) is 5.41 Å². The Morgan fingerprint density at radius 3 is 2.48 bits per heavy atom. The average molecular weight is 320 g/mol. The number of carbonyl (C=O) groups excluding carboxylic acids is 2. The Labute approximate surface area is 134 Å². The highest BCUT2D eigenvalue weighted by Gasteiger charge is 2.26. The van der Waals surface area contributed by atoms with Crippen LogP contribution >= 0.6 is 12.4 Å². The van der Waals surface area contributed by atoms with Gasteiger partial charge in [0.05, 0.1) is 6.54 Å². The molecule has 5 nitrogen and oxygen atoms in total. The molecule has 1 aliphatic heterocycles. The summed E-state index contributed by atoms with van der Waals surface area (Å²) in [6, 6.07) is 0.280. The standard InChI is InChI=1S/C15H29N3O2.ClH/c1-5-8-18(12-6-7-16-10-12)14(20)11-17-13(19)9-15(2,3)4;/h12,16H,5-11H2,1-4H3,(H,17,19);1H. The van der Waals surface area contributed by atoms with Gasteiger partial charge in [-0.3, -0.25) is 9.59 Å². The molecule has 0 aromatic carbocycles. The molecule has 0 aliphatic carbocycles. The van der Waals surface area contributed by atoms with Gasteiger partial charge in [0.2, 0.25) is 11.8 Å². The van der Waals surface area contributed by atoms with Gasteiger partial charge >= 0.3 is 0 Å². The Morgan fingerprint density at radius 2 is 2.00 bits per heavy atom. The van der Waals surface area contributed by atoms with Crippen molar-refractivity contribution in [3.05, 3.63) is 0 Å². The van der Waals surface area contributed by atoms with Crippen molar-refractivity contribution in [2.45, 2.75) is 53.0 Å². The first-order valence-electron chi connectivity index (χ1n) is 7.60. The van der Waals surface area contributed by atoms with E-state index in [-0.39, 0.29) is 42.2 Å². The molecular weight excluding hydrogens is 290 g/mol. The molecule has 0 bridgehead atoms. The first kappa shape index (κ1) is 20.2. The largest absolute Gasteiger partial charge is 0.347 e. The minimum atomic E-state index is -0.0500. The normalized spacial score (nSPS) is 18.0. The Hall–Kier alpha value is -0.810. The summed E-state index contributed by atoms with van der Waals surface area (Å²) in [6.07, 6.45) is 2.39. The number of nitrogens with one attached hydrogen (secondary N) is 2. The van der Waals surface area contributed by atoms with Crippen LogP contribution in [0.2, 0.25) is 0 Å². The molecule has 1 saturated heterocycles. The van der Waals surface area contributed by atoms with E-state index in [1.165, 1.54) is 0 Å². The van der Waals surface area contributed by atoms with Crippen LogP contribution < -0.4 is 10.6 Å². The van der Waals surface area contributed by atoms with E-state index in [9.17, 15) is 9.59 Å². The molecular formula is C15H30ClN3O2. The molecule has 1 aliphatic rings. The van der Waals surface area contributed by atoms with E-state index in [0.717, 1.165) is 32.5 Å². The summed E-state index contributed by atoms with van der Waals surface area (Å²) in [5.74, 6) is -0.0188. The summed E-state index contributed by atoms with van der Waals surface area (Å²) >= 11 is 0. The van der Waals surface area contributed by atoms with Gasteiger partial charge in [-0.1, -0.05) is 27.7 Å². The number of hydrogen-bond donors (Lipinski definition) is 2. The maximum absolute atomic E-state index is 12.3. The Morgan fingerprint density at radius 1 is 1.33 bits per heavy atom. The predicted molar refractivity (Wildman–Crippen MR) is 87.6 cm³/mol. The Bertz CT molecular complexity index is 336. The number of hydrogen-bond acceptors (Lipinski definition) is 3. The third-order valence-corrected chi connectivity index (χ3v) is 3.39. The van der Waals surface area contributed by atoms with Gasteiger partial charge < -0.3 is 15.5 Å². The summed E-state index contributed by atoms with van der Waals surface area (Å²) in [6.45, 7) is 10.8. The smallest absolute Gasteiger partial charge is 0.242 e. The zero-order valence-electron chi connectivity index (χ0n) is 13.7. The molecule has 1 fully saturated rings. The minimum absolute atomic E-state index is 0. The Balaban J connectivity index is 0.00000400. The summed E-state index contributed by atoms with van der Waals surface area (Å²) in [5.41, 5.74) is -0.0500. The highest BCUT2D eigenvalue weighted by molar-refractivity contribution is 5.85. The monoisotopic (exact) mass is 319 g/mol.